The highest BCUT2D eigenvalue weighted by atomic mass is 35.5. The number of hydrogen-bond acceptors (Lipinski definition) is 3. The summed E-state index contributed by atoms with van der Waals surface area (Å²) < 4.78 is 11.1. The molecule has 2 rings (SSSR count). The van der Waals surface area contributed by atoms with Crippen molar-refractivity contribution in [3.05, 3.63) is 22.7 Å². The van der Waals surface area contributed by atoms with E-state index < -0.39 is 11.4 Å². The molecular formula is C16H21ClO4. The summed E-state index contributed by atoms with van der Waals surface area (Å²) in [6.45, 7) is 4.03. The molecule has 1 aromatic rings. The highest BCUT2D eigenvalue weighted by molar-refractivity contribution is 6.31. The van der Waals surface area contributed by atoms with Gasteiger partial charge in [-0.3, -0.25) is 4.79 Å². The number of rotatable bonds is 7. The van der Waals surface area contributed by atoms with E-state index in [0.29, 0.717) is 35.5 Å². The molecule has 1 fully saturated rings. The summed E-state index contributed by atoms with van der Waals surface area (Å²) in [7, 11) is 1.57. The van der Waals surface area contributed by atoms with Crippen LogP contribution >= 0.6 is 11.6 Å². The van der Waals surface area contributed by atoms with Gasteiger partial charge in [0.25, 0.3) is 0 Å². The zero-order chi connectivity index (χ0) is 15.6. The highest BCUT2D eigenvalue weighted by Crippen LogP contribution is 2.38. The molecule has 1 aromatic carbocycles. The molecule has 1 aliphatic carbocycles. The summed E-state index contributed by atoms with van der Waals surface area (Å²) in [6.07, 6.45) is 2.75. The number of carbonyl (C=O) groups is 1. The molecule has 0 heterocycles. The lowest BCUT2D eigenvalue weighted by Gasteiger charge is -2.21. The first-order valence-electron chi connectivity index (χ1n) is 7.06. The van der Waals surface area contributed by atoms with Crippen molar-refractivity contribution in [1.29, 1.82) is 0 Å². The Hall–Kier alpha value is -1.42. The van der Waals surface area contributed by atoms with Crippen molar-refractivity contribution in [3.63, 3.8) is 0 Å². The van der Waals surface area contributed by atoms with Crippen LogP contribution in [0.4, 0.5) is 0 Å². The van der Waals surface area contributed by atoms with Gasteiger partial charge in [0.1, 0.15) is 0 Å². The molecule has 0 unspecified atom stereocenters. The Morgan fingerprint density at radius 3 is 2.57 bits per heavy atom. The molecule has 0 amide bonds. The molecule has 0 saturated heterocycles. The van der Waals surface area contributed by atoms with Gasteiger partial charge in [0.05, 0.1) is 19.1 Å². The predicted molar refractivity (Wildman–Crippen MR) is 81.3 cm³/mol. The maximum atomic E-state index is 11.2. The van der Waals surface area contributed by atoms with Crippen LogP contribution < -0.4 is 9.47 Å². The summed E-state index contributed by atoms with van der Waals surface area (Å²) in [6, 6.07) is 3.49. The zero-order valence-electron chi connectivity index (χ0n) is 12.6. The van der Waals surface area contributed by atoms with Crippen molar-refractivity contribution in [1.82, 2.24) is 0 Å². The van der Waals surface area contributed by atoms with E-state index in [1.807, 2.05) is 0 Å². The van der Waals surface area contributed by atoms with E-state index in [4.69, 9.17) is 21.1 Å². The van der Waals surface area contributed by atoms with E-state index in [1.54, 1.807) is 33.1 Å². The Labute approximate surface area is 130 Å². The fraction of sp³-hybridized carbons (Fsp3) is 0.562. The number of aliphatic carboxylic acids is 1. The van der Waals surface area contributed by atoms with E-state index in [0.717, 1.165) is 5.56 Å². The summed E-state index contributed by atoms with van der Waals surface area (Å²) in [5.41, 5.74) is -0.134. The first-order valence-corrected chi connectivity index (χ1v) is 7.44. The van der Waals surface area contributed by atoms with Gasteiger partial charge in [-0.2, -0.15) is 0 Å². The first-order chi connectivity index (χ1) is 9.83. The lowest BCUT2D eigenvalue weighted by atomic mass is 9.86. The van der Waals surface area contributed by atoms with Gasteiger partial charge in [-0.1, -0.05) is 11.6 Å². The summed E-state index contributed by atoms with van der Waals surface area (Å²) in [4.78, 5) is 11.2. The van der Waals surface area contributed by atoms with Crippen LogP contribution in [-0.2, 0) is 11.2 Å². The lowest BCUT2D eigenvalue weighted by Crippen LogP contribution is -2.26. The van der Waals surface area contributed by atoms with Crippen molar-refractivity contribution in [2.45, 2.75) is 33.1 Å². The van der Waals surface area contributed by atoms with Gasteiger partial charge in [0.2, 0.25) is 0 Å². The molecule has 0 aliphatic heterocycles. The van der Waals surface area contributed by atoms with Crippen molar-refractivity contribution in [3.8, 4) is 11.5 Å². The van der Waals surface area contributed by atoms with Crippen molar-refractivity contribution >= 4 is 17.6 Å². The SMILES string of the molecule is COc1cc(CC(C)(C)C(=O)O)c(Cl)cc1OCC1CC1. The standard InChI is InChI=1S/C16H21ClO4/c1-16(2,15(18)19)8-11-6-13(20-3)14(7-12(11)17)21-9-10-4-5-10/h6-7,10H,4-5,8-9H2,1-3H3,(H,18,19). The maximum Gasteiger partial charge on any atom is 0.309 e. The number of carboxylic acids is 1. The molecule has 1 saturated carbocycles. The Bertz CT molecular complexity index is 535. The molecule has 1 aliphatic rings. The van der Waals surface area contributed by atoms with Crippen LogP contribution in [0.3, 0.4) is 0 Å². The minimum Gasteiger partial charge on any atom is -0.493 e. The number of carboxylic acid groups (broad SMARTS) is 1. The van der Waals surface area contributed by atoms with Gasteiger partial charge in [0, 0.05) is 11.1 Å². The second-order valence-electron chi connectivity index (χ2n) is 6.21. The molecule has 21 heavy (non-hydrogen) atoms. The van der Waals surface area contributed by atoms with Crippen LogP contribution in [0.25, 0.3) is 0 Å². The van der Waals surface area contributed by atoms with Gasteiger partial charge in [-0.25, -0.2) is 0 Å². The third-order valence-electron chi connectivity index (χ3n) is 3.72. The molecule has 4 nitrogen and oxygen atoms in total. The molecule has 0 atom stereocenters. The summed E-state index contributed by atoms with van der Waals surface area (Å²) >= 11 is 6.27. The van der Waals surface area contributed by atoms with Crippen LogP contribution in [0.2, 0.25) is 5.02 Å². The van der Waals surface area contributed by atoms with Gasteiger partial charge in [-0.15, -0.1) is 0 Å². The van der Waals surface area contributed by atoms with Crippen molar-refractivity contribution < 1.29 is 19.4 Å². The average Bonchev–Trinajstić information content (AvgIpc) is 3.22. The second-order valence-corrected chi connectivity index (χ2v) is 6.62. The molecule has 1 N–H and O–H groups in total. The molecule has 116 valence electrons. The topological polar surface area (TPSA) is 55.8 Å². The van der Waals surface area contributed by atoms with E-state index >= 15 is 0 Å². The Morgan fingerprint density at radius 2 is 2.05 bits per heavy atom. The molecule has 0 aromatic heterocycles. The van der Waals surface area contributed by atoms with Crippen LogP contribution in [0.15, 0.2) is 12.1 Å². The van der Waals surface area contributed by atoms with Crippen molar-refractivity contribution in [2.75, 3.05) is 13.7 Å². The highest BCUT2D eigenvalue weighted by Gasteiger charge is 2.29. The van der Waals surface area contributed by atoms with Crippen LogP contribution in [0.5, 0.6) is 11.5 Å². The molecule has 0 bridgehead atoms. The van der Waals surface area contributed by atoms with Crippen molar-refractivity contribution in [2.24, 2.45) is 11.3 Å². The normalized spacial score (nSPS) is 14.9. The number of halogens is 1. The molecule has 5 heteroatoms. The fourth-order valence-electron chi connectivity index (χ4n) is 2.03. The number of hydrogen-bond donors (Lipinski definition) is 1. The molecular weight excluding hydrogens is 292 g/mol. The number of benzene rings is 1. The Balaban J connectivity index is 2.20. The Kier molecular flexibility index (Phi) is 4.67. The number of methoxy groups -OCH3 is 1. The number of ether oxygens (including phenoxy) is 2. The van der Waals surface area contributed by atoms with Gasteiger partial charge < -0.3 is 14.6 Å². The van der Waals surface area contributed by atoms with Crippen LogP contribution in [0.1, 0.15) is 32.3 Å². The lowest BCUT2D eigenvalue weighted by molar-refractivity contribution is -0.146. The monoisotopic (exact) mass is 312 g/mol. The van der Waals surface area contributed by atoms with E-state index in [9.17, 15) is 9.90 Å². The van der Waals surface area contributed by atoms with Gasteiger partial charge in [-0.05, 0) is 50.7 Å². The quantitative estimate of drug-likeness (QED) is 0.832. The minimum absolute atomic E-state index is 0.334. The largest absolute Gasteiger partial charge is 0.493 e. The zero-order valence-corrected chi connectivity index (χ0v) is 13.4. The smallest absolute Gasteiger partial charge is 0.309 e. The summed E-state index contributed by atoms with van der Waals surface area (Å²) in [5, 5.41) is 9.74. The molecule has 0 spiro atoms. The third-order valence-corrected chi connectivity index (χ3v) is 4.07. The first kappa shape index (κ1) is 16.0. The van der Waals surface area contributed by atoms with Gasteiger partial charge in [0.15, 0.2) is 11.5 Å². The Morgan fingerprint density at radius 1 is 1.38 bits per heavy atom. The maximum absolute atomic E-state index is 11.2. The van der Waals surface area contributed by atoms with Crippen LogP contribution in [0, 0.1) is 11.3 Å². The summed E-state index contributed by atoms with van der Waals surface area (Å²) in [5.74, 6) is 0.994. The average molecular weight is 313 g/mol. The van der Waals surface area contributed by atoms with E-state index in [-0.39, 0.29) is 0 Å². The van der Waals surface area contributed by atoms with Crippen LogP contribution in [-0.4, -0.2) is 24.8 Å². The van der Waals surface area contributed by atoms with E-state index in [2.05, 4.69) is 0 Å². The fourth-order valence-corrected chi connectivity index (χ4v) is 2.25. The van der Waals surface area contributed by atoms with E-state index in [1.165, 1.54) is 12.8 Å². The second kappa shape index (κ2) is 6.14. The third kappa shape index (κ3) is 4.03. The minimum atomic E-state index is -0.884. The predicted octanol–water partition coefficient (Wildman–Crippen LogP) is 3.79. The molecule has 0 radical (unpaired) electrons. The van der Waals surface area contributed by atoms with Gasteiger partial charge >= 0.3 is 5.97 Å².